The van der Waals surface area contributed by atoms with Crippen LogP contribution in [0.3, 0.4) is 0 Å². The van der Waals surface area contributed by atoms with Crippen molar-refractivity contribution in [1.29, 1.82) is 0 Å². The van der Waals surface area contributed by atoms with E-state index in [1.807, 2.05) is 0 Å². The fourth-order valence-electron chi connectivity index (χ4n) is 2.97. The average molecular weight is 293 g/mol. The summed E-state index contributed by atoms with van der Waals surface area (Å²) in [6, 6.07) is 0.535. The lowest BCUT2D eigenvalue weighted by Crippen LogP contribution is -2.36. The molecule has 0 amide bonds. The van der Waals surface area contributed by atoms with Crippen molar-refractivity contribution in [2.24, 2.45) is 5.84 Å². The molecule has 2 rings (SSSR count). The number of nitrogens with one attached hydrogen (secondary N) is 1. The summed E-state index contributed by atoms with van der Waals surface area (Å²) in [5, 5.41) is 0. The van der Waals surface area contributed by atoms with Gasteiger partial charge in [-0.2, -0.15) is 15.0 Å². The summed E-state index contributed by atoms with van der Waals surface area (Å²) in [6.45, 7) is 8.96. The third-order valence-electron chi connectivity index (χ3n) is 4.15. The highest BCUT2D eigenvalue weighted by atomic mass is 15.4. The van der Waals surface area contributed by atoms with Gasteiger partial charge in [0.2, 0.25) is 17.8 Å². The van der Waals surface area contributed by atoms with Crippen molar-refractivity contribution in [2.45, 2.75) is 52.5 Å². The second-order valence-electron chi connectivity index (χ2n) is 5.30. The number of rotatable bonds is 7. The fourth-order valence-corrected chi connectivity index (χ4v) is 2.97. The molecule has 0 aliphatic heterocycles. The summed E-state index contributed by atoms with van der Waals surface area (Å²) in [4.78, 5) is 17.9. The zero-order chi connectivity index (χ0) is 15.2. The number of nitrogen functional groups attached to an aromatic ring is 1. The highest BCUT2D eigenvalue weighted by molar-refractivity contribution is 5.45. The van der Waals surface area contributed by atoms with E-state index in [4.69, 9.17) is 5.84 Å². The van der Waals surface area contributed by atoms with Gasteiger partial charge in [0.25, 0.3) is 0 Å². The number of hydrogen-bond acceptors (Lipinski definition) is 7. The zero-order valence-corrected chi connectivity index (χ0v) is 13.3. The number of hydrogen-bond donors (Lipinski definition) is 2. The third-order valence-corrected chi connectivity index (χ3v) is 4.15. The minimum absolute atomic E-state index is 0.429. The van der Waals surface area contributed by atoms with Crippen LogP contribution in [0.2, 0.25) is 0 Å². The lowest BCUT2D eigenvalue weighted by atomic mass is 10.2. The number of hydrazine groups is 1. The molecule has 1 aliphatic carbocycles. The van der Waals surface area contributed by atoms with Crippen LogP contribution >= 0.6 is 0 Å². The summed E-state index contributed by atoms with van der Waals surface area (Å²) >= 11 is 0. The van der Waals surface area contributed by atoms with E-state index in [0.717, 1.165) is 25.6 Å². The summed E-state index contributed by atoms with van der Waals surface area (Å²) in [6.07, 6.45) is 5.01. The van der Waals surface area contributed by atoms with Crippen LogP contribution in [0.25, 0.3) is 0 Å². The first-order chi connectivity index (χ1) is 10.2. The molecule has 1 aliphatic rings. The molecule has 1 saturated carbocycles. The fraction of sp³-hybridized carbons (Fsp3) is 0.786. The Morgan fingerprint density at radius 1 is 1.00 bits per heavy atom. The van der Waals surface area contributed by atoms with Crippen LogP contribution in [0.5, 0.6) is 0 Å². The van der Waals surface area contributed by atoms with Crippen molar-refractivity contribution in [3.8, 4) is 0 Å². The standard InChI is InChI=1S/C14H27N7/c1-4-20(5-2)13-16-12(19-15)17-14(18-13)21(6-3)11-9-7-8-10-11/h11H,4-10,15H2,1-3H3,(H,16,17,18,19). The number of nitrogens with zero attached hydrogens (tertiary/aromatic N) is 5. The molecule has 118 valence electrons. The van der Waals surface area contributed by atoms with Gasteiger partial charge in [-0.1, -0.05) is 12.8 Å². The molecular formula is C14H27N7. The number of anilines is 3. The minimum Gasteiger partial charge on any atom is -0.341 e. The van der Waals surface area contributed by atoms with Crippen LogP contribution < -0.4 is 21.1 Å². The largest absolute Gasteiger partial charge is 0.341 e. The molecule has 1 fully saturated rings. The van der Waals surface area contributed by atoms with Gasteiger partial charge in [0, 0.05) is 25.7 Å². The first-order valence-electron chi connectivity index (χ1n) is 7.97. The van der Waals surface area contributed by atoms with Crippen LogP contribution in [0.4, 0.5) is 17.8 Å². The first kappa shape index (κ1) is 15.8. The second-order valence-corrected chi connectivity index (χ2v) is 5.30. The van der Waals surface area contributed by atoms with E-state index in [2.05, 4.69) is 50.9 Å². The quantitative estimate of drug-likeness (QED) is 0.585. The average Bonchev–Trinajstić information content (AvgIpc) is 3.03. The van der Waals surface area contributed by atoms with Gasteiger partial charge in [-0.25, -0.2) is 5.84 Å². The molecule has 7 heteroatoms. The summed E-state index contributed by atoms with van der Waals surface area (Å²) in [5.74, 6) is 7.37. The highest BCUT2D eigenvalue weighted by Gasteiger charge is 2.25. The van der Waals surface area contributed by atoms with E-state index >= 15 is 0 Å². The Morgan fingerprint density at radius 2 is 1.62 bits per heavy atom. The second kappa shape index (κ2) is 7.40. The van der Waals surface area contributed by atoms with Crippen molar-refractivity contribution in [3.05, 3.63) is 0 Å². The molecular weight excluding hydrogens is 266 g/mol. The summed E-state index contributed by atoms with van der Waals surface area (Å²) in [5.41, 5.74) is 2.56. The number of aromatic nitrogens is 3. The molecule has 0 bridgehead atoms. The van der Waals surface area contributed by atoms with Gasteiger partial charge in [0.05, 0.1) is 0 Å². The van der Waals surface area contributed by atoms with Crippen molar-refractivity contribution in [2.75, 3.05) is 34.9 Å². The Bertz CT molecular complexity index is 441. The Morgan fingerprint density at radius 3 is 2.14 bits per heavy atom. The molecule has 1 aromatic heterocycles. The van der Waals surface area contributed by atoms with Crippen LogP contribution in [0.1, 0.15) is 46.5 Å². The van der Waals surface area contributed by atoms with Gasteiger partial charge < -0.3 is 9.80 Å². The van der Waals surface area contributed by atoms with E-state index < -0.39 is 0 Å². The van der Waals surface area contributed by atoms with Crippen molar-refractivity contribution < 1.29 is 0 Å². The molecule has 0 unspecified atom stereocenters. The predicted molar refractivity (Wildman–Crippen MR) is 86.5 cm³/mol. The molecule has 0 aromatic carbocycles. The molecule has 7 nitrogen and oxygen atoms in total. The topological polar surface area (TPSA) is 83.2 Å². The van der Waals surface area contributed by atoms with E-state index in [9.17, 15) is 0 Å². The normalized spacial score (nSPS) is 15.2. The minimum atomic E-state index is 0.429. The Balaban J connectivity index is 2.34. The highest BCUT2D eigenvalue weighted by Crippen LogP contribution is 2.27. The summed E-state index contributed by atoms with van der Waals surface area (Å²) < 4.78 is 0. The maximum atomic E-state index is 5.53. The Kier molecular flexibility index (Phi) is 5.55. The molecule has 0 spiro atoms. The van der Waals surface area contributed by atoms with Gasteiger partial charge in [0.15, 0.2) is 0 Å². The predicted octanol–water partition coefficient (Wildman–Crippen LogP) is 1.77. The van der Waals surface area contributed by atoms with Crippen LogP contribution in [0.15, 0.2) is 0 Å². The van der Waals surface area contributed by atoms with E-state index in [-0.39, 0.29) is 0 Å². The molecule has 1 aromatic rings. The number of nitrogens with two attached hydrogens (primary N) is 1. The molecule has 0 radical (unpaired) electrons. The van der Waals surface area contributed by atoms with E-state index in [0.29, 0.717) is 17.9 Å². The van der Waals surface area contributed by atoms with Gasteiger partial charge >= 0.3 is 0 Å². The van der Waals surface area contributed by atoms with Gasteiger partial charge in [0.1, 0.15) is 0 Å². The van der Waals surface area contributed by atoms with Gasteiger partial charge in [-0.3, -0.25) is 5.43 Å². The van der Waals surface area contributed by atoms with Crippen LogP contribution in [0, 0.1) is 0 Å². The van der Waals surface area contributed by atoms with Gasteiger partial charge in [-0.15, -0.1) is 0 Å². The van der Waals surface area contributed by atoms with E-state index in [1.165, 1.54) is 25.7 Å². The molecule has 0 atom stereocenters. The molecule has 21 heavy (non-hydrogen) atoms. The monoisotopic (exact) mass is 293 g/mol. The van der Waals surface area contributed by atoms with Crippen molar-refractivity contribution >= 4 is 17.8 Å². The first-order valence-corrected chi connectivity index (χ1v) is 7.97. The van der Waals surface area contributed by atoms with E-state index in [1.54, 1.807) is 0 Å². The third kappa shape index (κ3) is 3.53. The summed E-state index contributed by atoms with van der Waals surface area (Å²) in [7, 11) is 0. The lowest BCUT2D eigenvalue weighted by molar-refractivity contribution is 0.603. The van der Waals surface area contributed by atoms with Crippen LogP contribution in [-0.2, 0) is 0 Å². The lowest BCUT2D eigenvalue weighted by Gasteiger charge is -2.29. The maximum absolute atomic E-state index is 5.53. The van der Waals surface area contributed by atoms with Gasteiger partial charge in [-0.05, 0) is 33.6 Å². The zero-order valence-electron chi connectivity index (χ0n) is 13.3. The smallest absolute Gasteiger partial charge is 0.243 e. The molecule has 0 saturated heterocycles. The molecule has 1 heterocycles. The molecule has 3 N–H and O–H groups in total. The van der Waals surface area contributed by atoms with Crippen LogP contribution in [-0.4, -0.2) is 40.6 Å². The Hall–Kier alpha value is -1.63. The van der Waals surface area contributed by atoms with Crippen molar-refractivity contribution in [3.63, 3.8) is 0 Å². The SMILES string of the molecule is CCN(CC)c1nc(NN)nc(N(CC)C2CCCC2)n1. The maximum Gasteiger partial charge on any atom is 0.243 e. The van der Waals surface area contributed by atoms with Crippen molar-refractivity contribution in [1.82, 2.24) is 15.0 Å². The Labute approximate surface area is 126 Å².